The lowest BCUT2D eigenvalue weighted by atomic mass is 9.79. The molecule has 116 heavy (non-hydrogen) atoms. The Morgan fingerprint density at radius 2 is 0.862 bits per heavy atom. The molecule has 0 radical (unpaired) electrons. The van der Waals surface area contributed by atoms with Crippen LogP contribution in [0, 0.1) is 45.2 Å². The zero-order chi connectivity index (χ0) is 82.2. The topological polar surface area (TPSA) is 328 Å². The van der Waals surface area contributed by atoms with Gasteiger partial charge < -0.3 is 36.7 Å². The van der Waals surface area contributed by atoms with Crippen molar-refractivity contribution in [2.45, 2.75) is 105 Å². The van der Waals surface area contributed by atoms with E-state index in [9.17, 15) is 24.6 Å². The lowest BCUT2D eigenvalue weighted by Gasteiger charge is -2.32. The fraction of sp³-hybridized carbons (Fsp3) is 0.182. The fourth-order valence-electron chi connectivity index (χ4n) is 14.4. The summed E-state index contributed by atoms with van der Waals surface area (Å²) in [5.41, 5.74) is 33.4. The number of aromatic nitrogens is 13. The standard InChI is InChI=1S/C29H24N6O2.C23H19IN6O.C18H16BrNO.C12H17BO3.C6H5IN4/c1-17-7-3-4-12-23(17)35-21(13-19-9-5-8-18(2)24(19)29(35)37)15-34-28-25(27(30)31-16-32-28)26(33-34)20-10-6-11-22(36)14-20;1-13-6-3-4-9-17(13)30-16(10-15-8-5-7-14(2)18(15)23(30)31)11-29-22-19(20(24)28-29)21(25)26-12-27-22;1-12-6-3-4-9-16(12)20-15(11-19)10-14-8-5-7-13(2)17(14)18(20)21;1-11(2)12(3,4)16-13(15-11)9-6-5-7-10(14)8-9;7-5-4-3(1-9-5)10-2-11-6(4)8/h3-14,16,36H,15H2,1-2H3,(H2,30,31,32);3-10,12H,11H2,1-2H3,(H2,25,26,27);3-10H,11H2,1-2H3;5-8,14H,1-4H3;2H,1H2,(H2,8,10,11). The number of alkyl halides is 1. The number of rotatable bonds is 10. The molecule has 0 aliphatic carbocycles. The third-order valence-electron chi connectivity index (χ3n) is 20.9. The van der Waals surface area contributed by atoms with E-state index in [-0.39, 0.29) is 45.9 Å². The van der Waals surface area contributed by atoms with E-state index in [2.05, 4.69) is 113 Å². The van der Waals surface area contributed by atoms with Crippen molar-refractivity contribution in [2.75, 3.05) is 17.2 Å². The molecule has 0 bridgehead atoms. The number of aromatic hydroxyl groups is 2. The molecule has 8 aromatic carbocycles. The molecule has 28 heteroatoms. The van der Waals surface area contributed by atoms with Gasteiger partial charge in [-0.3, -0.25) is 33.1 Å². The van der Waals surface area contributed by atoms with Crippen LogP contribution < -0.4 is 39.3 Å². The lowest BCUT2D eigenvalue weighted by molar-refractivity contribution is 0.00578. The van der Waals surface area contributed by atoms with E-state index in [1.54, 1.807) is 54.9 Å². The first-order valence-electron chi connectivity index (χ1n) is 37.1. The summed E-state index contributed by atoms with van der Waals surface area (Å²) in [6, 6.07) is 61.4. The Morgan fingerprint density at radius 1 is 0.457 bits per heavy atom. The van der Waals surface area contributed by atoms with Crippen LogP contribution in [0.4, 0.5) is 17.5 Å². The van der Waals surface area contributed by atoms with Crippen molar-refractivity contribution in [3.63, 3.8) is 0 Å². The van der Waals surface area contributed by atoms with Crippen molar-refractivity contribution < 1.29 is 19.5 Å². The van der Waals surface area contributed by atoms with Gasteiger partial charge in [-0.25, -0.2) is 39.3 Å². The predicted molar refractivity (Wildman–Crippen MR) is 482 cm³/mol. The van der Waals surface area contributed by atoms with Crippen LogP contribution in [0.25, 0.3) is 82.7 Å². The Bertz CT molecular complexity index is 6740. The number of nitrogens with two attached hydrogens (primary N) is 3. The fourth-order valence-corrected chi connectivity index (χ4v) is 16.3. The van der Waals surface area contributed by atoms with Gasteiger partial charge in [0, 0.05) is 28.0 Å². The van der Waals surface area contributed by atoms with Gasteiger partial charge in [0.1, 0.15) is 61.0 Å². The third kappa shape index (κ3) is 16.1. The summed E-state index contributed by atoms with van der Waals surface area (Å²) in [6.45, 7) is 21.2. The van der Waals surface area contributed by atoms with E-state index in [1.807, 2.05) is 219 Å². The van der Waals surface area contributed by atoms with Gasteiger partial charge in [0.15, 0.2) is 11.3 Å². The first-order valence-corrected chi connectivity index (χ1v) is 40.4. The number of pyridine rings is 3. The summed E-state index contributed by atoms with van der Waals surface area (Å²) >= 11 is 7.79. The molecule has 0 unspecified atom stereocenters. The first-order chi connectivity index (χ1) is 55.6. The van der Waals surface area contributed by atoms with E-state index in [0.29, 0.717) is 69.2 Å². The zero-order valence-corrected chi connectivity index (χ0v) is 71.1. The minimum absolute atomic E-state index is 0.0415. The van der Waals surface area contributed by atoms with Gasteiger partial charge in [0.25, 0.3) is 16.7 Å². The van der Waals surface area contributed by atoms with Gasteiger partial charge in [-0.2, -0.15) is 10.2 Å². The van der Waals surface area contributed by atoms with Gasteiger partial charge in [-0.05, 0) is 230 Å². The van der Waals surface area contributed by atoms with E-state index < -0.39 is 7.12 Å². The quantitative estimate of drug-likeness (QED) is 0.0482. The van der Waals surface area contributed by atoms with Crippen LogP contribution in [0.3, 0.4) is 0 Å². The molecule has 0 spiro atoms. The summed E-state index contributed by atoms with van der Waals surface area (Å²) in [7, 11) is -0.405. The van der Waals surface area contributed by atoms with Gasteiger partial charge in [0.05, 0.1) is 86.1 Å². The molecule has 24 nitrogen and oxygen atoms in total. The minimum atomic E-state index is -0.405. The Balaban J connectivity index is 0.000000126. The van der Waals surface area contributed by atoms with Crippen molar-refractivity contribution >= 4 is 149 Å². The van der Waals surface area contributed by atoms with Crippen molar-refractivity contribution in [3.8, 4) is 39.8 Å². The Labute approximate surface area is 703 Å². The van der Waals surface area contributed by atoms with Crippen molar-refractivity contribution in [1.29, 1.82) is 0 Å². The first kappa shape index (κ1) is 80.8. The number of aliphatic imine (C=N–C) groups is 1. The molecule has 2 aliphatic heterocycles. The molecule has 0 amide bonds. The number of phenols is 2. The molecule has 0 saturated carbocycles. The van der Waals surface area contributed by atoms with Crippen LogP contribution in [0.5, 0.6) is 11.5 Å². The van der Waals surface area contributed by atoms with Gasteiger partial charge >= 0.3 is 7.12 Å². The van der Waals surface area contributed by atoms with Crippen LogP contribution >= 0.6 is 61.1 Å². The monoisotopic (exact) mass is 1830 g/mol. The zero-order valence-electron chi connectivity index (χ0n) is 65.2. The highest BCUT2D eigenvalue weighted by Crippen LogP contribution is 2.38. The average molecular weight is 1830 g/mol. The average Bonchev–Trinajstić information content (AvgIpc) is 1.67. The molecule has 1 fully saturated rings. The van der Waals surface area contributed by atoms with E-state index in [0.717, 1.165) is 124 Å². The van der Waals surface area contributed by atoms with Crippen LogP contribution in [0.1, 0.15) is 89.4 Å². The van der Waals surface area contributed by atoms with Gasteiger partial charge in [0.2, 0.25) is 0 Å². The number of para-hydroxylation sites is 3. The molecule has 0 atom stereocenters. The number of nitrogens with zero attached hydrogens (tertiary/aromatic N) is 14. The molecular formula is C88H81BBrI2N17O7. The number of halogens is 3. The number of aryl methyl sites for hydroxylation is 6. The Kier molecular flexibility index (Phi) is 23.4. The predicted octanol–water partition coefficient (Wildman–Crippen LogP) is 15.7. The van der Waals surface area contributed by atoms with Crippen molar-refractivity contribution in [2.24, 2.45) is 4.99 Å². The second-order valence-electron chi connectivity index (χ2n) is 29.2. The largest absolute Gasteiger partial charge is 0.508 e. The van der Waals surface area contributed by atoms with Gasteiger partial charge in [-0.15, -0.1) is 0 Å². The van der Waals surface area contributed by atoms with Crippen LogP contribution in [-0.4, -0.2) is 95.4 Å². The van der Waals surface area contributed by atoms with E-state index >= 15 is 0 Å². The number of anilines is 3. The van der Waals surface area contributed by atoms with Crippen LogP contribution in [-0.2, 0) is 34.3 Å². The number of phenolic OH excluding ortho intramolecular Hbond substituents is 2. The molecule has 10 heterocycles. The number of hydrogen-bond acceptors (Lipinski definition) is 19. The van der Waals surface area contributed by atoms with Crippen molar-refractivity contribution in [3.05, 3.63) is 310 Å². The molecule has 18 rings (SSSR count). The Hall–Kier alpha value is -11.8. The third-order valence-corrected chi connectivity index (χ3v) is 23.2. The maximum Gasteiger partial charge on any atom is 0.494 e. The number of hydrogen-bond donors (Lipinski definition) is 5. The van der Waals surface area contributed by atoms with Crippen LogP contribution in [0.2, 0.25) is 0 Å². The maximum atomic E-state index is 14.0. The molecule has 584 valence electrons. The highest BCUT2D eigenvalue weighted by Gasteiger charge is 2.51. The normalized spacial score (nSPS) is 13.1. The number of nitrogen functional groups attached to an aromatic ring is 3. The second-order valence-corrected chi connectivity index (χ2v) is 31.8. The summed E-state index contributed by atoms with van der Waals surface area (Å²) < 4.78 is 22.3. The number of fused-ring (bicyclic) bond motifs is 6. The molecule has 8 aromatic heterocycles. The van der Waals surface area contributed by atoms with E-state index in [4.69, 9.17) is 31.6 Å². The summed E-state index contributed by atoms with van der Waals surface area (Å²) in [5, 5.41) is 35.9. The van der Waals surface area contributed by atoms with Crippen molar-refractivity contribution in [1.82, 2.24) is 63.2 Å². The highest BCUT2D eigenvalue weighted by atomic mass is 127. The second kappa shape index (κ2) is 33.5. The molecule has 8 N–H and O–H groups in total. The minimum Gasteiger partial charge on any atom is -0.508 e. The smallest absolute Gasteiger partial charge is 0.494 e. The summed E-state index contributed by atoms with van der Waals surface area (Å²) in [5.74, 6) is 1.56. The highest BCUT2D eigenvalue weighted by molar-refractivity contribution is 14.1. The molecule has 1 saturated heterocycles. The SMILES string of the molecule is CC1(C)OB(c2cccc(O)c2)OC1(C)C.Cc1ccccc1-n1c(CBr)cc2cccc(C)c2c1=O.Cc1ccccc1-n1c(Cn2nc(-c3cccc(O)c3)c3c(N)ncnc32)cc2cccc(C)c2c1=O.Cc1ccccc1-n1c(Cn2nc(I)c3c(N)ncnc32)cc2cccc(C)c2c1=O.Nc1ncnc2c1C(I)=NC2. The lowest BCUT2D eigenvalue weighted by Crippen LogP contribution is -2.41. The van der Waals surface area contributed by atoms with Crippen LogP contribution in [0.15, 0.2) is 232 Å². The van der Waals surface area contributed by atoms with E-state index in [1.165, 1.54) is 19.0 Å². The summed E-state index contributed by atoms with van der Waals surface area (Å²) in [6.07, 6.45) is 4.31. The molecule has 2 aliphatic rings. The summed E-state index contributed by atoms with van der Waals surface area (Å²) in [4.78, 5) is 70.0. The van der Waals surface area contributed by atoms with Gasteiger partial charge in [-0.1, -0.05) is 149 Å². The maximum absolute atomic E-state index is 14.0. The molecular weight excluding hydrogens is 1750 g/mol. The number of benzene rings is 8. The Morgan fingerprint density at radius 3 is 1.33 bits per heavy atom. The molecule has 16 aromatic rings.